The molecular weight excluding hydrogens is 327 g/mol. The first kappa shape index (κ1) is 14.9. The number of halogens is 2. The van der Waals surface area contributed by atoms with Gasteiger partial charge in [-0.15, -0.1) is 0 Å². The minimum atomic E-state index is 0.151. The molecule has 2 aromatic carbocycles. The van der Waals surface area contributed by atoms with E-state index in [0.29, 0.717) is 6.67 Å². The fourth-order valence-corrected chi connectivity index (χ4v) is 3.86. The lowest BCUT2D eigenvalue weighted by Gasteiger charge is -2.29. The van der Waals surface area contributed by atoms with Crippen LogP contribution in [0.4, 0.5) is 0 Å². The van der Waals surface area contributed by atoms with Crippen molar-refractivity contribution in [3.05, 3.63) is 82.1 Å². The number of hydrogen-bond donors (Lipinski definition) is 0. The van der Waals surface area contributed by atoms with Gasteiger partial charge < -0.3 is 4.90 Å². The van der Waals surface area contributed by atoms with Gasteiger partial charge in [0.05, 0.1) is 6.04 Å². The molecule has 118 valence electrons. The van der Waals surface area contributed by atoms with E-state index in [4.69, 9.17) is 23.4 Å². The van der Waals surface area contributed by atoms with Crippen molar-refractivity contribution in [3.8, 4) is 0 Å². The topological polar surface area (TPSA) is 6.48 Å². The molecule has 4 heteroatoms. The highest BCUT2D eigenvalue weighted by Gasteiger charge is 2.25. The molecule has 1 aliphatic heterocycles. The predicted octanol–water partition coefficient (Wildman–Crippen LogP) is 5.12. The van der Waals surface area contributed by atoms with Crippen molar-refractivity contribution in [2.45, 2.75) is 25.3 Å². The van der Waals surface area contributed by atoms with Crippen LogP contribution in [0.25, 0.3) is 0 Å². The second-order valence-electron chi connectivity index (χ2n) is 6.19. The minimum absolute atomic E-state index is 0.151. The molecule has 4 rings (SSSR count). The second kappa shape index (κ2) is 6.10. The zero-order valence-electron chi connectivity index (χ0n) is 12.8. The highest BCUT2D eigenvalue weighted by molar-refractivity contribution is 6.30. The van der Waals surface area contributed by atoms with Gasteiger partial charge in [0.25, 0.3) is 0 Å². The number of nitrogens with zero attached hydrogens (tertiary/aromatic N) is 2. The molecule has 2 aromatic rings. The summed E-state index contributed by atoms with van der Waals surface area (Å²) in [5.41, 5.74) is 5.53. The summed E-state index contributed by atoms with van der Waals surface area (Å²) in [5.74, 6) is 0. The van der Waals surface area contributed by atoms with E-state index in [1.54, 1.807) is 4.42 Å². The lowest BCUT2D eigenvalue weighted by atomic mass is 9.95. The van der Waals surface area contributed by atoms with Gasteiger partial charge in [0.2, 0.25) is 0 Å². The first-order valence-electron chi connectivity index (χ1n) is 7.94. The fourth-order valence-electron chi connectivity index (χ4n) is 3.56. The molecular formula is C19H18Cl2N2. The number of benzene rings is 2. The summed E-state index contributed by atoms with van der Waals surface area (Å²) in [6.07, 6.45) is 7.62. The molecule has 0 fully saturated rings. The van der Waals surface area contributed by atoms with E-state index < -0.39 is 0 Å². The van der Waals surface area contributed by atoms with Crippen molar-refractivity contribution in [2.24, 2.45) is 0 Å². The lowest BCUT2D eigenvalue weighted by Crippen LogP contribution is -2.26. The molecule has 23 heavy (non-hydrogen) atoms. The predicted molar refractivity (Wildman–Crippen MR) is 95.3 cm³/mol. The number of rotatable bonds is 3. The van der Waals surface area contributed by atoms with E-state index >= 15 is 0 Å². The van der Waals surface area contributed by atoms with Crippen molar-refractivity contribution < 1.29 is 0 Å². The summed E-state index contributed by atoms with van der Waals surface area (Å²) in [5, 5.41) is 0.761. The molecule has 1 heterocycles. The van der Waals surface area contributed by atoms with Crippen molar-refractivity contribution >= 4 is 23.4 Å². The van der Waals surface area contributed by atoms with Crippen LogP contribution in [-0.2, 0) is 12.8 Å². The Bertz CT molecular complexity index is 740. The van der Waals surface area contributed by atoms with Crippen molar-refractivity contribution in [2.75, 3.05) is 6.67 Å². The first-order valence-corrected chi connectivity index (χ1v) is 8.66. The van der Waals surface area contributed by atoms with E-state index in [1.807, 2.05) is 18.3 Å². The largest absolute Gasteiger partial charge is 0.346 e. The molecule has 0 saturated heterocycles. The minimum Gasteiger partial charge on any atom is -0.346 e. The van der Waals surface area contributed by atoms with Gasteiger partial charge in [-0.25, -0.2) is 0 Å². The highest BCUT2D eigenvalue weighted by Crippen LogP contribution is 2.34. The standard InChI is InChI=1S/C19H18Cl2N2/c20-18-8-6-15(7-9-18)19(22-10-11-23(21)13-22)17-5-4-14-2-1-3-16(14)12-17/h4-12,19H,1-3,13H2. The Labute approximate surface area is 147 Å². The summed E-state index contributed by atoms with van der Waals surface area (Å²) in [4.78, 5) is 2.26. The van der Waals surface area contributed by atoms with Crippen LogP contribution in [0, 0.1) is 0 Å². The molecule has 0 saturated carbocycles. The zero-order chi connectivity index (χ0) is 15.8. The summed E-state index contributed by atoms with van der Waals surface area (Å²) in [7, 11) is 0. The molecule has 0 N–H and O–H groups in total. The Kier molecular flexibility index (Phi) is 3.96. The highest BCUT2D eigenvalue weighted by atomic mass is 35.5. The van der Waals surface area contributed by atoms with E-state index in [0.717, 1.165) is 5.02 Å². The molecule has 1 unspecified atom stereocenters. The van der Waals surface area contributed by atoms with Gasteiger partial charge in [0, 0.05) is 29.2 Å². The first-order chi connectivity index (χ1) is 11.2. The molecule has 2 nitrogen and oxygen atoms in total. The van der Waals surface area contributed by atoms with Gasteiger partial charge in [-0.1, -0.05) is 41.9 Å². The van der Waals surface area contributed by atoms with Gasteiger partial charge in [-0.3, -0.25) is 4.42 Å². The van der Waals surface area contributed by atoms with E-state index in [-0.39, 0.29) is 6.04 Å². The van der Waals surface area contributed by atoms with Crippen LogP contribution in [0.5, 0.6) is 0 Å². The summed E-state index contributed by atoms with van der Waals surface area (Å²) in [6, 6.07) is 15.2. The molecule has 0 spiro atoms. The number of hydrogen-bond acceptors (Lipinski definition) is 2. The molecule has 0 aromatic heterocycles. The maximum atomic E-state index is 6.13. The van der Waals surface area contributed by atoms with Crippen LogP contribution in [0.2, 0.25) is 5.02 Å². The quantitative estimate of drug-likeness (QED) is 0.713. The maximum Gasteiger partial charge on any atom is 0.106 e. The third kappa shape index (κ3) is 2.93. The van der Waals surface area contributed by atoms with Gasteiger partial charge in [0.15, 0.2) is 0 Å². The summed E-state index contributed by atoms with van der Waals surface area (Å²) < 4.78 is 1.68. The average molecular weight is 345 g/mol. The second-order valence-corrected chi connectivity index (χ2v) is 7.06. The third-order valence-electron chi connectivity index (χ3n) is 4.67. The van der Waals surface area contributed by atoms with Gasteiger partial charge in [-0.05, 0) is 53.6 Å². The molecule has 0 radical (unpaired) electrons. The van der Waals surface area contributed by atoms with Gasteiger partial charge >= 0.3 is 0 Å². The van der Waals surface area contributed by atoms with Crippen molar-refractivity contribution in [1.82, 2.24) is 9.32 Å². The SMILES string of the molecule is Clc1ccc(C(c2ccc3c(c2)CCC3)N2C=CN(Cl)C2)cc1. The summed E-state index contributed by atoms with van der Waals surface area (Å²) >= 11 is 12.2. The Morgan fingerprint density at radius 3 is 2.35 bits per heavy atom. The average Bonchev–Trinajstić information content (AvgIpc) is 3.18. The molecule has 2 aliphatic rings. The molecule has 0 bridgehead atoms. The van der Waals surface area contributed by atoms with E-state index in [1.165, 1.54) is 41.5 Å². The maximum absolute atomic E-state index is 6.13. The van der Waals surface area contributed by atoms with Crippen LogP contribution in [0.15, 0.2) is 54.9 Å². The van der Waals surface area contributed by atoms with Crippen LogP contribution in [0.1, 0.15) is 34.7 Å². The Hall–Kier alpha value is -1.64. The lowest BCUT2D eigenvalue weighted by molar-refractivity contribution is 0.292. The molecule has 0 amide bonds. The zero-order valence-corrected chi connectivity index (χ0v) is 14.3. The molecule has 1 aliphatic carbocycles. The Morgan fingerprint density at radius 2 is 1.61 bits per heavy atom. The summed E-state index contributed by atoms with van der Waals surface area (Å²) in [6.45, 7) is 0.673. The van der Waals surface area contributed by atoms with Crippen LogP contribution in [-0.4, -0.2) is 16.0 Å². The fraction of sp³-hybridized carbons (Fsp3) is 0.263. The van der Waals surface area contributed by atoms with E-state index in [9.17, 15) is 0 Å². The van der Waals surface area contributed by atoms with Crippen molar-refractivity contribution in [3.63, 3.8) is 0 Å². The molecule has 1 atom stereocenters. The van der Waals surface area contributed by atoms with Crippen molar-refractivity contribution in [1.29, 1.82) is 0 Å². The van der Waals surface area contributed by atoms with Gasteiger partial charge in [0.1, 0.15) is 6.67 Å². The van der Waals surface area contributed by atoms with Gasteiger partial charge in [-0.2, -0.15) is 0 Å². The van der Waals surface area contributed by atoms with Crippen LogP contribution in [0.3, 0.4) is 0 Å². The van der Waals surface area contributed by atoms with E-state index in [2.05, 4.69) is 41.4 Å². The monoisotopic (exact) mass is 344 g/mol. The normalized spacial score (nSPS) is 17.7. The van der Waals surface area contributed by atoms with Crippen LogP contribution < -0.4 is 0 Å². The van der Waals surface area contributed by atoms with Crippen LogP contribution >= 0.6 is 23.4 Å². The third-order valence-corrected chi connectivity index (χ3v) is 5.15. The Balaban J connectivity index is 1.75. The number of aryl methyl sites for hydroxylation is 2. The smallest absolute Gasteiger partial charge is 0.106 e. The Morgan fingerprint density at radius 1 is 0.870 bits per heavy atom. The number of fused-ring (bicyclic) bond motifs is 1.